The summed E-state index contributed by atoms with van der Waals surface area (Å²) in [6.45, 7) is 0.453. The third-order valence-electron chi connectivity index (χ3n) is 1.93. The summed E-state index contributed by atoms with van der Waals surface area (Å²) in [5.41, 5.74) is 7.17. The van der Waals surface area contributed by atoms with E-state index in [1.54, 1.807) is 12.3 Å². The molecule has 0 bridgehead atoms. The number of nitrogens with one attached hydrogen (secondary N) is 1. The fraction of sp³-hybridized carbons (Fsp3) is 0.111. The highest BCUT2D eigenvalue weighted by Gasteiger charge is 2.01. The molecule has 0 amide bonds. The molecular weight excluding hydrogens is 152 g/mol. The number of aromatic hydroxyl groups is 1. The number of rotatable bonds is 1. The molecule has 0 aliphatic rings. The zero-order valence-electron chi connectivity index (χ0n) is 6.54. The summed E-state index contributed by atoms with van der Waals surface area (Å²) in [6.07, 6.45) is 1.80. The number of aromatic nitrogens is 1. The van der Waals surface area contributed by atoms with Crippen molar-refractivity contribution in [3.63, 3.8) is 0 Å². The molecule has 0 atom stereocenters. The van der Waals surface area contributed by atoms with E-state index in [1.807, 2.05) is 12.1 Å². The van der Waals surface area contributed by atoms with Gasteiger partial charge in [-0.05, 0) is 23.8 Å². The number of aromatic amines is 1. The molecule has 0 spiro atoms. The predicted octanol–water partition coefficient (Wildman–Crippen LogP) is 1.33. The van der Waals surface area contributed by atoms with Gasteiger partial charge < -0.3 is 15.8 Å². The first kappa shape index (κ1) is 7.18. The van der Waals surface area contributed by atoms with Crippen LogP contribution >= 0.6 is 0 Å². The van der Waals surface area contributed by atoms with Crippen LogP contribution in [-0.4, -0.2) is 10.1 Å². The van der Waals surface area contributed by atoms with Crippen LogP contribution in [0.25, 0.3) is 10.9 Å². The molecule has 1 aromatic heterocycles. The summed E-state index contributed by atoms with van der Waals surface area (Å²) >= 11 is 0. The van der Waals surface area contributed by atoms with Gasteiger partial charge in [0.05, 0.1) is 5.52 Å². The first-order valence-electron chi connectivity index (χ1n) is 3.80. The molecule has 0 aliphatic heterocycles. The quantitative estimate of drug-likeness (QED) is 0.592. The number of phenolic OH excluding ortho intramolecular Hbond substituents is 1. The number of nitrogens with two attached hydrogens (primary N) is 1. The van der Waals surface area contributed by atoms with Crippen molar-refractivity contribution in [2.75, 3.05) is 0 Å². The molecule has 2 rings (SSSR count). The molecule has 1 heterocycles. The minimum Gasteiger partial charge on any atom is -0.506 e. The Morgan fingerprint density at radius 1 is 1.42 bits per heavy atom. The van der Waals surface area contributed by atoms with E-state index in [1.165, 1.54) is 0 Å². The number of benzene rings is 1. The average Bonchev–Trinajstić information content (AvgIpc) is 2.52. The maximum atomic E-state index is 9.49. The Balaban J connectivity index is 2.75. The van der Waals surface area contributed by atoms with Gasteiger partial charge >= 0.3 is 0 Å². The summed E-state index contributed by atoms with van der Waals surface area (Å²) in [6, 6.07) is 5.55. The molecule has 62 valence electrons. The molecule has 3 nitrogen and oxygen atoms in total. The van der Waals surface area contributed by atoms with E-state index in [9.17, 15) is 5.11 Å². The van der Waals surface area contributed by atoms with E-state index in [2.05, 4.69) is 4.98 Å². The van der Waals surface area contributed by atoms with Crippen LogP contribution in [0.2, 0.25) is 0 Å². The monoisotopic (exact) mass is 162 g/mol. The lowest BCUT2D eigenvalue weighted by Gasteiger charge is -1.99. The van der Waals surface area contributed by atoms with Gasteiger partial charge in [0.15, 0.2) is 0 Å². The summed E-state index contributed by atoms with van der Waals surface area (Å²) in [7, 11) is 0. The SMILES string of the molecule is NCc1cc(O)c2[nH]ccc2c1. The van der Waals surface area contributed by atoms with Gasteiger partial charge in [-0.3, -0.25) is 0 Å². The Labute approximate surface area is 69.8 Å². The van der Waals surface area contributed by atoms with Crippen LogP contribution < -0.4 is 5.73 Å². The highest BCUT2D eigenvalue weighted by atomic mass is 16.3. The van der Waals surface area contributed by atoms with Crippen molar-refractivity contribution in [1.29, 1.82) is 0 Å². The van der Waals surface area contributed by atoms with Gasteiger partial charge in [-0.25, -0.2) is 0 Å². The molecule has 0 unspecified atom stereocenters. The zero-order valence-corrected chi connectivity index (χ0v) is 6.54. The summed E-state index contributed by atoms with van der Waals surface area (Å²) < 4.78 is 0. The van der Waals surface area contributed by atoms with Crippen LogP contribution in [0.3, 0.4) is 0 Å². The topological polar surface area (TPSA) is 62.0 Å². The Kier molecular flexibility index (Phi) is 1.52. The van der Waals surface area contributed by atoms with Gasteiger partial charge in [0.25, 0.3) is 0 Å². The highest BCUT2D eigenvalue weighted by molar-refractivity contribution is 5.85. The van der Waals surface area contributed by atoms with E-state index < -0.39 is 0 Å². The van der Waals surface area contributed by atoms with Crippen molar-refractivity contribution in [3.8, 4) is 5.75 Å². The van der Waals surface area contributed by atoms with Crippen LogP contribution in [0.5, 0.6) is 5.75 Å². The minimum atomic E-state index is 0.262. The Morgan fingerprint density at radius 3 is 3.00 bits per heavy atom. The zero-order chi connectivity index (χ0) is 8.55. The number of hydrogen-bond donors (Lipinski definition) is 3. The molecule has 1 aromatic carbocycles. The van der Waals surface area contributed by atoms with Crippen molar-refractivity contribution < 1.29 is 5.11 Å². The Bertz CT molecular complexity index is 406. The maximum Gasteiger partial charge on any atom is 0.139 e. The third-order valence-corrected chi connectivity index (χ3v) is 1.93. The van der Waals surface area contributed by atoms with Crippen LogP contribution in [-0.2, 0) is 6.54 Å². The fourth-order valence-corrected chi connectivity index (χ4v) is 1.33. The number of phenols is 1. The van der Waals surface area contributed by atoms with E-state index in [4.69, 9.17) is 5.73 Å². The van der Waals surface area contributed by atoms with Gasteiger partial charge in [0.1, 0.15) is 5.75 Å². The van der Waals surface area contributed by atoms with Crippen molar-refractivity contribution in [1.82, 2.24) is 4.98 Å². The molecule has 0 saturated carbocycles. The normalized spacial score (nSPS) is 10.8. The lowest BCUT2D eigenvalue weighted by Crippen LogP contribution is -1.95. The number of hydrogen-bond acceptors (Lipinski definition) is 2. The molecule has 4 N–H and O–H groups in total. The summed E-state index contributed by atoms with van der Waals surface area (Å²) in [5, 5.41) is 10.5. The van der Waals surface area contributed by atoms with Gasteiger partial charge in [-0.1, -0.05) is 0 Å². The predicted molar refractivity (Wildman–Crippen MR) is 47.9 cm³/mol. The number of H-pyrrole nitrogens is 1. The summed E-state index contributed by atoms with van der Waals surface area (Å²) in [5.74, 6) is 0.262. The van der Waals surface area contributed by atoms with Crippen molar-refractivity contribution in [3.05, 3.63) is 30.0 Å². The molecule has 12 heavy (non-hydrogen) atoms. The third kappa shape index (κ3) is 0.950. The van der Waals surface area contributed by atoms with Gasteiger partial charge in [-0.15, -0.1) is 0 Å². The Hall–Kier alpha value is -1.48. The molecule has 2 aromatic rings. The standard InChI is InChI=1S/C9H10N2O/c10-5-6-3-7-1-2-11-9(7)8(12)4-6/h1-4,11-12H,5,10H2. The number of fused-ring (bicyclic) bond motifs is 1. The minimum absolute atomic E-state index is 0.262. The van der Waals surface area contributed by atoms with Crippen molar-refractivity contribution >= 4 is 10.9 Å². The lowest BCUT2D eigenvalue weighted by atomic mass is 10.1. The smallest absolute Gasteiger partial charge is 0.139 e. The molecule has 0 aliphatic carbocycles. The second-order valence-electron chi connectivity index (χ2n) is 2.76. The van der Waals surface area contributed by atoms with Crippen LogP contribution in [0.1, 0.15) is 5.56 Å². The van der Waals surface area contributed by atoms with Gasteiger partial charge in [-0.2, -0.15) is 0 Å². The maximum absolute atomic E-state index is 9.49. The molecule has 0 saturated heterocycles. The van der Waals surface area contributed by atoms with E-state index in [0.717, 1.165) is 16.5 Å². The van der Waals surface area contributed by atoms with Crippen molar-refractivity contribution in [2.24, 2.45) is 5.73 Å². The second-order valence-corrected chi connectivity index (χ2v) is 2.76. The van der Waals surface area contributed by atoms with E-state index >= 15 is 0 Å². The molecule has 0 fully saturated rings. The van der Waals surface area contributed by atoms with Gasteiger partial charge in [0.2, 0.25) is 0 Å². The van der Waals surface area contributed by atoms with Crippen molar-refractivity contribution in [2.45, 2.75) is 6.54 Å². The average molecular weight is 162 g/mol. The first-order chi connectivity index (χ1) is 5.81. The highest BCUT2D eigenvalue weighted by Crippen LogP contribution is 2.24. The molecule has 0 radical (unpaired) electrons. The van der Waals surface area contributed by atoms with Crippen LogP contribution in [0.4, 0.5) is 0 Å². The van der Waals surface area contributed by atoms with E-state index in [-0.39, 0.29) is 5.75 Å². The lowest BCUT2D eigenvalue weighted by molar-refractivity contribution is 0.480. The first-order valence-corrected chi connectivity index (χ1v) is 3.80. The largest absolute Gasteiger partial charge is 0.506 e. The summed E-state index contributed by atoms with van der Waals surface area (Å²) in [4.78, 5) is 2.95. The fourth-order valence-electron chi connectivity index (χ4n) is 1.33. The molecule has 3 heteroatoms. The van der Waals surface area contributed by atoms with Crippen LogP contribution in [0.15, 0.2) is 24.4 Å². The second kappa shape index (κ2) is 2.53. The molecular formula is C9H10N2O. The van der Waals surface area contributed by atoms with Crippen LogP contribution in [0, 0.1) is 0 Å². The Morgan fingerprint density at radius 2 is 2.25 bits per heavy atom. The van der Waals surface area contributed by atoms with Gasteiger partial charge in [0, 0.05) is 18.1 Å². The van der Waals surface area contributed by atoms with E-state index in [0.29, 0.717) is 6.54 Å².